The summed E-state index contributed by atoms with van der Waals surface area (Å²) >= 11 is 0. The van der Waals surface area contributed by atoms with Gasteiger partial charge in [0.25, 0.3) is 0 Å². The van der Waals surface area contributed by atoms with Crippen molar-refractivity contribution >= 4 is 22.7 Å². The zero-order valence-electron chi connectivity index (χ0n) is 17.8. The number of aromatic nitrogens is 2. The zero-order chi connectivity index (χ0) is 21.5. The van der Waals surface area contributed by atoms with Gasteiger partial charge >= 0.3 is 0 Å². The molecule has 1 aliphatic heterocycles. The lowest BCUT2D eigenvalue weighted by atomic mass is 9.86. The maximum absolute atomic E-state index is 9.34. The first kappa shape index (κ1) is 19.8. The van der Waals surface area contributed by atoms with Gasteiger partial charge in [-0.3, -0.25) is 0 Å². The van der Waals surface area contributed by atoms with Crippen LogP contribution in [0.4, 0.5) is 11.6 Å². The highest BCUT2D eigenvalue weighted by Gasteiger charge is 2.32. The minimum atomic E-state index is -0.485. The zero-order valence-corrected chi connectivity index (χ0v) is 17.8. The Labute approximate surface area is 177 Å². The summed E-state index contributed by atoms with van der Waals surface area (Å²) in [6.45, 7) is 9.81. The Morgan fingerprint density at radius 1 is 1.10 bits per heavy atom. The molecule has 6 nitrogen and oxygen atoms in total. The minimum Gasteiger partial charge on any atom is -0.367 e. The first-order valence-corrected chi connectivity index (χ1v) is 10.3. The fourth-order valence-electron chi connectivity index (χ4n) is 3.88. The van der Waals surface area contributed by atoms with E-state index in [4.69, 9.17) is 4.98 Å². The van der Waals surface area contributed by atoms with E-state index in [0.29, 0.717) is 5.56 Å². The molecule has 2 heterocycles. The topological polar surface area (TPSA) is 80.7 Å². The third kappa shape index (κ3) is 3.46. The van der Waals surface area contributed by atoms with Crippen molar-refractivity contribution < 1.29 is 0 Å². The number of nitrogens with one attached hydrogen (secondary N) is 1. The van der Waals surface area contributed by atoms with E-state index in [-0.39, 0.29) is 12.1 Å². The summed E-state index contributed by atoms with van der Waals surface area (Å²) in [4.78, 5) is 7.10. The van der Waals surface area contributed by atoms with Crippen LogP contribution in [0.25, 0.3) is 11.0 Å². The molecule has 3 aromatic rings. The molecule has 0 spiro atoms. The van der Waals surface area contributed by atoms with E-state index in [1.807, 2.05) is 44.2 Å². The molecule has 30 heavy (non-hydrogen) atoms. The van der Waals surface area contributed by atoms with Crippen molar-refractivity contribution in [2.75, 3.05) is 23.3 Å². The molecule has 0 unspecified atom stereocenters. The number of rotatable bonds is 5. The molecule has 6 heteroatoms. The number of hydrogen-bond donors (Lipinski definition) is 1. The smallest absolute Gasteiger partial charge is 0.204 e. The molecule has 1 saturated heterocycles. The molecule has 1 N–H and O–H groups in total. The number of imidazole rings is 1. The molecule has 0 bridgehead atoms. The summed E-state index contributed by atoms with van der Waals surface area (Å²) in [5.74, 6) is 0.853. The maximum Gasteiger partial charge on any atom is 0.204 e. The summed E-state index contributed by atoms with van der Waals surface area (Å²) < 4.78 is 2.24. The van der Waals surface area contributed by atoms with Crippen molar-refractivity contribution in [3.63, 3.8) is 0 Å². The monoisotopic (exact) mass is 398 g/mol. The number of benzene rings is 2. The second-order valence-corrected chi connectivity index (χ2v) is 8.76. The highest BCUT2D eigenvalue weighted by Crippen LogP contribution is 2.34. The maximum atomic E-state index is 9.34. The van der Waals surface area contributed by atoms with Gasteiger partial charge in [-0.15, -0.1) is 0 Å². The molecule has 1 aliphatic rings. The van der Waals surface area contributed by atoms with E-state index >= 15 is 0 Å². The fourth-order valence-corrected chi connectivity index (χ4v) is 3.88. The van der Waals surface area contributed by atoms with E-state index in [0.717, 1.165) is 41.3 Å². The Morgan fingerprint density at radius 3 is 2.40 bits per heavy atom. The molecular weight excluding hydrogens is 372 g/mol. The Morgan fingerprint density at radius 2 is 1.80 bits per heavy atom. The third-order valence-electron chi connectivity index (χ3n) is 5.70. The second-order valence-electron chi connectivity index (χ2n) is 8.76. The van der Waals surface area contributed by atoms with Gasteiger partial charge in [0.1, 0.15) is 0 Å². The van der Waals surface area contributed by atoms with E-state index in [1.165, 1.54) is 0 Å². The normalized spacial score (nSPS) is 14.4. The predicted octanol–water partition coefficient (Wildman–Crippen LogP) is 4.59. The molecule has 1 aromatic heterocycles. The molecule has 0 saturated carbocycles. The summed E-state index contributed by atoms with van der Waals surface area (Å²) in [6, 6.07) is 19.1. The average Bonchev–Trinajstić information content (AvgIpc) is 3.03. The van der Waals surface area contributed by atoms with Gasteiger partial charge in [0.05, 0.1) is 40.2 Å². The van der Waals surface area contributed by atoms with E-state index in [9.17, 15) is 10.5 Å². The van der Waals surface area contributed by atoms with Crippen LogP contribution in [0.2, 0.25) is 0 Å². The molecule has 0 aliphatic carbocycles. The largest absolute Gasteiger partial charge is 0.367 e. The van der Waals surface area contributed by atoms with Crippen LogP contribution >= 0.6 is 0 Å². The summed E-state index contributed by atoms with van der Waals surface area (Å²) in [7, 11) is 0. The Balaban J connectivity index is 1.59. The van der Waals surface area contributed by atoms with Crippen LogP contribution < -0.4 is 10.2 Å². The second kappa shape index (κ2) is 7.39. The Hall–Kier alpha value is -3.51. The van der Waals surface area contributed by atoms with Crippen molar-refractivity contribution in [2.45, 2.75) is 45.2 Å². The fraction of sp³-hybridized carbons (Fsp3) is 0.375. The number of anilines is 2. The van der Waals surface area contributed by atoms with Gasteiger partial charge in [-0.25, -0.2) is 4.98 Å². The standard InChI is InChI=1S/C24H26N6/c1-16(2)27-23-28-21-10-5-17(12-25)11-22(21)30(23)20-13-29(14-20)19-8-6-18(7-9-19)24(3,4)15-26/h5-11,16,20H,13-14H2,1-4H3,(H,27,28). The third-order valence-corrected chi connectivity index (χ3v) is 5.70. The van der Waals surface area contributed by atoms with Gasteiger partial charge < -0.3 is 14.8 Å². The number of hydrogen-bond acceptors (Lipinski definition) is 5. The van der Waals surface area contributed by atoms with Crippen molar-refractivity contribution in [3.05, 3.63) is 53.6 Å². The average molecular weight is 399 g/mol. The quantitative estimate of drug-likeness (QED) is 0.680. The lowest BCUT2D eigenvalue weighted by molar-refractivity contribution is 0.411. The van der Waals surface area contributed by atoms with E-state index < -0.39 is 5.41 Å². The van der Waals surface area contributed by atoms with Gasteiger partial charge in [0.2, 0.25) is 5.95 Å². The minimum absolute atomic E-state index is 0.267. The predicted molar refractivity (Wildman–Crippen MR) is 120 cm³/mol. The van der Waals surface area contributed by atoms with Crippen LogP contribution in [-0.4, -0.2) is 28.7 Å². The van der Waals surface area contributed by atoms with E-state index in [2.05, 4.69) is 52.9 Å². The highest BCUT2D eigenvalue weighted by atomic mass is 15.3. The van der Waals surface area contributed by atoms with Gasteiger partial charge in [0.15, 0.2) is 0 Å². The van der Waals surface area contributed by atoms with Gasteiger partial charge in [-0.05, 0) is 63.6 Å². The molecular formula is C24H26N6. The first-order valence-electron chi connectivity index (χ1n) is 10.3. The van der Waals surface area contributed by atoms with Crippen molar-refractivity contribution in [2.24, 2.45) is 0 Å². The van der Waals surface area contributed by atoms with Gasteiger partial charge in [-0.1, -0.05) is 12.1 Å². The van der Waals surface area contributed by atoms with Crippen molar-refractivity contribution in [1.29, 1.82) is 10.5 Å². The molecule has 0 radical (unpaired) electrons. The lowest BCUT2D eigenvalue weighted by Crippen LogP contribution is -2.48. The van der Waals surface area contributed by atoms with Gasteiger partial charge in [-0.2, -0.15) is 10.5 Å². The van der Waals surface area contributed by atoms with Crippen LogP contribution in [0, 0.1) is 22.7 Å². The highest BCUT2D eigenvalue weighted by molar-refractivity contribution is 5.80. The van der Waals surface area contributed by atoms with Crippen LogP contribution in [0.1, 0.15) is 44.9 Å². The molecule has 152 valence electrons. The van der Waals surface area contributed by atoms with Gasteiger partial charge in [0, 0.05) is 24.8 Å². The number of nitrogens with zero attached hydrogens (tertiary/aromatic N) is 5. The molecule has 0 atom stereocenters. The van der Waals surface area contributed by atoms with Crippen LogP contribution in [0.5, 0.6) is 0 Å². The Bertz CT molecular complexity index is 1150. The van der Waals surface area contributed by atoms with Crippen LogP contribution in [0.15, 0.2) is 42.5 Å². The van der Waals surface area contributed by atoms with Crippen molar-refractivity contribution in [3.8, 4) is 12.1 Å². The molecule has 0 amide bonds. The first-order chi connectivity index (χ1) is 14.3. The van der Waals surface area contributed by atoms with Crippen LogP contribution in [0.3, 0.4) is 0 Å². The number of nitriles is 2. The molecule has 1 fully saturated rings. The van der Waals surface area contributed by atoms with E-state index in [1.54, 1.807) is 0 Å². The number of fused-ring (bicyclic) bond motifs is 1. The summed E-state index contributed by atoms with van der Waals surface area (Å²) in [6.07, 6.45) is 0. The summed E-state index contributed by atoms with van der Waals surface area (Å²) in [5.41, 5.74) is 4.24. The molecule has 2 aromatic carbocycles. The molecule has 4 rings (SSSR count). The van der Waals surface area contributed by atoms with Crippen LogP contribution in [-0.2, 0) is 5.41 Å². The SMILES string of the molecule is CC(C)Nc1nc2ccc(C#N)cc2n1C1CN(c2ccc(C(C)(C)C#N)cc2)C1. The Kier molecular flexibility index (Phi) is 4.87. The lowest BCUT2D eigenvalue weighted by Gasteiger charge is -2.42. The van der Waals surface area contributed by atoms with Crippen molar-refractivity contribution in [1.82, 2.24) is 9.55 Å². The summed E-state index contributed by atoms with van der Waals surface area (Å²) in [5, 5.41) is 22.1.